The van der Waals surface area contributed by atoms with Crippen molar-refractivity contribution in [3.05, 3.63) is 71.8 Å². The van der Waals surface area contributed by atoms with Gasteiger partial charge >= 0.3 is 6.03 Å². The lowest BCUT2D eigenvalue weighted by molar-refractivity contribution is -0.123. The second-order valence-corrected chi connectivity index (χ2v) is 19.4. The average Bonchev–Trinajstić information content (AvgIpc) is 3.94. The van der Waals surface area contributed by atoms with E-state index in [1.54, 1.807) is 36.4 Å². The molecule has 0 aliphatic carbocycles. The quantitative estimate of drug-likeness (QED) is 0.0186. The van der Waals surface area contributed by atoms with Crippen molar-refractivity contribution < 1.29 is 47.3 Å². The Labute approximate surface area is 442 Å². The molecule has 8 N–H and O–H groups in total. The summed E-state index contributed by atoms with van der Waals surface area (Å²) in [6.45, 7) is 5.80. The molecule has 3 heterocycles. The Morgan fingerprint density at radius 2 is 1.41 bits per heavy atom. The van der Waals surface area contributed by atoms with Crippen LogP contribution in [0.2, 0.25) is 5.02 Å². The SMILES string of the molecule is COc1ccc(NC(=O)/C=C/CN(C)CCCCNC(=O)CCCC(=O)NCCCOCCOCCOCCCNC(=O)CCCC[C@H]2SC[C@H]3NC(=O)N[C@H]32)cc1Nc1cc(Nc2ccc(F)c(Cl)c2)ncn1. The van der Waals surface area contributed by atoms with Crippen LogP contribution in [0, 0.1) is 5.82 Å². The number of unbranched alkanes of at least 4 members (excludes halogenated alkanes) is 2. The van der Waals surface area contributed by atoms with E-state index in [0.717, 1.165) is 50.8 Å². The van der Waals surface area contributed by atoms with E-state index in [-0.39, 0.29) is 59.6 Å². The van der Waals surface area contributed by atoms with Crippen molar-refractivity contribution in [2.45, 2.75) is 88.0 Å². The summed E-state index contributed by atoms with van der Waals surface area (Å²) in [5.74, 6) is 1.43. The van der Waals surface area contributed by atoms with Crippen LogP contribution in [-0.4, -0.2) is 154 Å². The predicted molar refractivity (Wildman–Crippen MR) is 286 cm³/mol. The van der Waals surface area contributed by atoms with E-state index in [0.29, 0.717) is 125 Å². The number of benzene rings is 2. The van der Waals surface area contributed by atoms with Gasteiger partial charge in [0.25, 0.3) is 0 Å². The van der Waals surface area contributed by atoms with E-state index in [4.69, 9.17) is 30.5 Å². The summed E-state index contributed by atoms with van der Waals surface area (Å²) in [4.78, 5) is 71.5. The zero-order chi connectivity index (χ0) is 52.8. The molecule has 23 heteroatoms. The van der Waals surface area contributed by atoms with Crippen molar-refractivity contribution in [1.82, 2.24) is 41.5 Å². The molecule has 1 aromatic heterocycles. The summed E-state index contributed by atoms with van der Waals surface area (Å²) >= 11 is 7.80. The average molecular weight is 1070 g/mol. The summed E-state index contributed by atoms with van der Waals surface area (Å²) < 4.78 is 35.8. The minimum Gasteiger partial charge on any atom is -0.495 e. The molecular formula is C51H73ClFN11O9S. The summed E-state index contributed by atoms with van der Waals surface area (Å²) in [6.07, 6.45) is 12.0. The van der Waals surface area contributed by atoms with E-state index < -0.39 is 5.82 Å². The zero-order valence-electron chi connectivity index (χ0n) is 42.4. The number of rotatable bonds is 37. The minimum absolute atomic E-state index is 0.0165. The van der Waals surface area contributed by atoms with Gasteiger partial charge in [-0.3, -0.25) is 19.2 Å². The second-order valence-electron chi connectivity index (χ2n) is 17.8. The molecule has 0 bridgehead atoms. The largest absolute Gasteiger partial charge is 0.495 e. The fourth-order valence-electron chi connectivity index (χ4n) is 7.88. The molecule has 5 rings (SSSR count). The molecule has 3 aromatic rings. The molecule has 74 heavy (non-hydrogen) atoms. The molecule has 0 unspecified atom stereocenters. The molecule has 20 nitrogen and oxygen atoms in total. The van der Waals surface area contributed by atoms with Crippen LogP contribution in [0.1, 0.15) is 70.6 Å². The Morgan fingerprint density at radius 1 is 0.770 bits per heavy atom. The van der Waals surface area contributed by atoms with Crippen molar-refractivity contribution in [3.63, 3.8) is 0 Å². The monoisotopic (exact) mass is 1070 g/mol. The number of aromatic nitrogens is 2. The number of ether oxygens (including phenoxy) is 4. The summed E-state index contributed by atoms with van der Waals surface area (Å²) in [7, 11) is 3.49. The fraction of sp³-hybridized carbons (Fsp3) is 0.549. The number of carbonyl (C=O) groups is 5. The molecule has 3 atom stereocenters. The number of carbonyl (C=O) groups excluding carboxylic acids is 5. The molecule has 6 amide bonds. The van der Waals surface area contributed by atoms with E-state index in [2.05, 4.69) is 57.4 Å². The molecule has 2 saturated heterocycles. The van der Waals surface area contributed by atoms with Crippen LogP contribution in [0.15, 0.2) is 60.9 Å². The standard InChI is InChI=1S/C51H73ClFN11O9S/c1-64(24-8-15-49(68)60-37-17-19-42(70-2)40(32-37)61-45-33-44(57-35-58-45)59-36-16-18-39(53)38(52)31-36)23-6-5-20-54-47(66)13-7-14-48(67)56-22-10-26-72-28-30-73-29-27-71-25-9-21-55-46(65)12-4-3-11-43-50-41(34-74-43)62-51(69)63-50/h8,15-19,31-33,35,41,43,50H,3-7,9-14,20-30,34H2,1-2H3,(H,54,66)(H,55,65)(H,56,67)(H,60,68)(H2,62,63,69)(H2,57,58,59,61)/b15-8+/t41-,43-,50-/m1/s1. The number of nitrogens with zero attached hydrogens (tertiary/aromatic N) is 3. The van der Waals surface area contributed by atoms with Gasteiger partial charge in [0.2, 0.25) is 23.6 Å². The first-order chi connectivity index (χ1) is 35.9. The van der Waals surface area contributed by atoms with Crippen LogP contribution in [0.25, 0.3) is 0 Å². The first-order valence-electron chi connectivity index (χ1n) is 25.3. The van der Waals surface area contributed by atoms with Gasteiger partial charge in [-0.15, -0.1) is 0 Å². The van der Waals surface area contributed by atoms with Crippen LogP contribution >= 0.6 is 23.4 Å². The Kier molecular flexibility index (Phi) is 27.1. The van der Waals surface area contributed by atoms with Gasteiger partial charge < -0.3 is 66.4 Å². The van der Waals surface area contributed by atoms with Crippen LogP contribution in [0.4, 0.5) is 37.9 Å². The molecule has 2 fully saturated rings. The number of hydrogen-bond acceptors (Lipinski definition) is 15. The molecule has 2 aromatic carbocycles. The lowest BCUT2D eigenvalue weighted by atomic mass is 10.0. The highest BCUT2D eigenvalue weighted by Crippen LogP contribution is 2.34. The topological polar surface area (TPSA) is 248 Å². The number of amides is 6. The number of fused-ring (bicyclic) bond motifs is 1. The minimum atomic E-state index is -0.522. The van der Waals surface area contributed by atoms with Crippen LogP contribution < -0.4 is 47.3 Å². The first kappa shape index (κ1) is 59.1. The maximum atomic E-state index is 13.6. The maximum absolute atomic E-state index is 13.6. The number of likely N-dealkylation sites (N-methyl/N-ethyl adjacent to an activating group) is 1. The number of urea groups is 1. The van der Waals surface area contributed by atoms with Crippen molar-refractivity contribution in [2.24, 2.45) is 0 Å². The Hall–Kier alpha value is -5.78. The number of thioether (sulfide) groups is 1. The third kappa shape index (κ3) is 23.2. The van der Waals surface area contributed by atoms with Gasteiger partial charge in [0, 0.05) is 93.2 Å². The number of hydrogen-bond donors (Lipinski definition) is 8. The van der Waals surface area contributed by atoms with Gasteiger partial charge in [-0.25, -0.2) is 19.2 Å². The van der Waals surface area contributed by atoms with Crippen molar-refractivity contribution in [1.29, 1.82) is 0 Å². The van der Waals surface area contributed by atoms with Crippen molar-refractivity contribution in [3.8, 4) is 5.75 Å². The van der Waals surface area contributed by atoms with Crippen molar-refractivity contribution >= 4 is 81.7 Å². The molecular weight excluding hydrogens is 997 g/mol. The summed E-state index contributed by atoms with van der Waals surface area (Å²) in [5.41, 5.74) is 1.65. The van der Waals surface area contributed by atoms with Crippen LogP contribution in [-0.2, 0) is 33.4 Å². The van der Waals surface area contributed by atoms with Crippen LogP contribution in [0.3, 0.4) is 0 Å². The van der Waals surface area contributed by atoms with Gasteiger partial charge in [0.15, 0.2) is 0 Å². The first-order valence-corrected chi connectivity index (χ1v) is 26.8. The lowest BCUT2D eigenvalue weighted by Gasteiger charge is -2.16. The Morgan fingerprint density at radius 3 is 2.08 bits per heavy atom. The molecule has 0 spiro atoms. The number of anilines is 5. The van der Waals surface area contributed by atoms with Crippen molar-refractivity contribution in [2.75, 3.05) is 108 Å². The van der Waals surface area contributed by atoms with Crippen LogP contribution in [0.5, 0.6) is 5.75 Å². The fourth-order valence-corrected chi connectivity index (χ4v) is 9.61. The maximum Gasteiger partial charge on any atom is 0.315 e. The van der Waals surface area contributed by atoms with E-state index >= 15 is 0 Å². The lowest BCUT2D eigenvalue weighted by Crippen LogP contribution is -2.36. The highest BCUT2D eigenvalue weighted by atomic mass is 35.5. The molecule has 406 valence electrons. The second kappa shape index (κ2) is 33.9. The molecule has 2 aliphatic heterocycles. The third-order valence-corrected chi connectivity index (χ3v) is 13.6. The summed E-state index contributed by atoms with van der Waals surface area (Å²) in [5, 5.41) is 24.2. The predicted octanol–water partition coefficient (Wildman–Crippen LogP) is 6.05. The van der Waals surface area contributed by atoms with Gasteiger partial charge in [0.05, 0.1) is 56.3 Å². The number of halogens is 2. The smallest absolute Gasteiger partial charge is 0.315 e. The highest BCUT2D eigenvalue weighted by molar-refractivity contribution is 8.00. The van der Waals surface area contributed by atoms with Gasteiger partial charge in [-0.05, 0) is 94.9 Å². The number of nitrogens with one attached hydrogen (secondary N) is 8. The van der Waals surface area contributed by atoms with Gasteiger partial charge in [0.1, 0.15) is 29.5 Å². The normalized spacial score (nSPS) is 15.9. The van der Waals surface area contributed by atoms with Gasteiger partial charge in [-0.2, -0.15) is 11.8 Å². The Bertz CT molecular complexity index is 2270. The van der Waals surface area contributed by atoms with E-state index in [1.807, 2.05) is 18.8 Å². The highest BCUT2D eigenvalue weighted by Gasteiger charge is 2.42. The van der Waals surface area contributed by atoms with E-state index in [1.165, 1.54) is 31.6 Å². The summed E-state index contributed by atoms with van der Waals surface area (Å²) in [6, 6.07) is 11.5. The Balaban J connectivity index is 0.771. The molecule has 0 saturated carbocycles. The van der Waals surface area contributed by atoms with E-state index in [9.17, 15) is 28.4 Å². The molecule has 2 aliphatic rings. The number of methoxy groups -OCH3 is 1. The zero-order valence-corrected chi connectivity index (χ0v) is 44.0. The molecule has 0 radical (unpaired) electrons. The van der Waals surface area contributed by atoms with Gasteiger partial charge in [-0.1, -0.05) is 24.1 Å². The third-order valence-electron chi connectivity index (χ3n) is 11.8.